The van der Waals surface area contributed by atoms with E-state index in [1.165, 1.54) is 17.0 Å². The van der Waals surface area contributed by atoms with Crippen molar-refractivity contribution in [3.05, 3.63) is 57.8 Å². The van der Waals surface area contributed by atoms with Crippen LogP contribution >= 0.6 is 23.2 Å². The van der Waals surface area contributed by atoms with Crippen molar-refractivity contribution >= 4 is 40.7 Å². The summed E-state index contributed by atoms with van der Waals surface area (Å²) < 4.78 is 18.6. The van der Waals surface area contributed by atoms with E-state index in [9.17, 15) is 14.0 Å². The zero-order chi connectivity index (χ0) is 21.3. The number of hydrogen-bond donors (Lipinski definition) is 0. The lowest BCUT2D eigenvalue weighted by Gasteiger charge is -2.36. The first-order valence-electron chi connectivity index (χ1n) is 9.57. The first-order chi connectivity index (χ1) is 14.4. The molecule has 0 bridgehead atoms. The molecule has 30 heavy (non-hydrogen) atoms. The topological polar surface area (TPSA) is 53.1 Å². The van der Waals surface area contributed by atoms with Crippen molar-refractivity contribution in [2.75, 3.05) is 44.2 Å². The van der Waals surface area contributed by atoms with Crippen LogP contribution in [0.25, 0.3) is 0 Å². The molecule has 6 nitrogen and oxygen atoms in total. The van der Waals surface area contributed by atoms with E-state index in [2.05, 4.69) is 4.90 Å². The second-order valence-electron chi connectivity index (χ2n) is 7.27. The zero-order valence-electron chi connectivity index (χ0n) is 16.1. The SMILES string of the molecule is O=C(CN1C(=O)COc2ccc(Cl)cc21)N1CCN(Cc2ccc(F)cc2Cl)CC1. The molecule has 2 aromatic carbocycles. The number of carbonyl (C=O) groups excluding carboxylic acids is 2. The fourth-order valence-electron chi connectivity index (χ4n) is 3.63. The molecule has 2 aromatic rings. The van der Waals surface area contributed by atoms with Gasteiger partial charge in [-0.15, -0.1) is 0 Å². The molecule has 0 radical (unpaired) electrons. The second kappa shape index (κ2) is 8.79. The molecule has 0 aromatic heterocycles. The van der Waals surface area contributed by atoms with Crippen molar-refractivity contribution in [1.82, 2.24) is 9.80 Å². The van der Waals surface area contributed by atoms with Crippen LogP contribution in [-0.2, 0) is 16.1 Å². The Morgan fingerprint density at radius 3 is 2.57 bits per heavy atom. The number of fused-ring (bicyclic) bond motifs is 1. The summed E-state index contributed by atoms with van der Waals surface area (Å²) in [5, 5.41) is 0.870. The predicted octanol–water partition coefficient (Wildman–Crippen LogP) is 3.20. The summed E-state index contributed by atoms with van der Waals surface area (Å²) in [6.45, 7) is 2.84. The summed E-state index contributed by atoms with van der Waals surface area (Å²) in [6.07, 6.45) is 0. The molecule has 2 aliphatic rings. The monoisotopic (exact) mass is 451 g/mol. The highest BCUT2D eigenvalue weighted by Gasteiger charge is 2.30. The number of benzene rings is 2. The Labute approximate surface area is 183 Å². The lowest BCUT2D eigenvalue weighted by atomic mass is 10.2. The fraction of sp³-hybridized carbons (Fsp3) is 0.333. The summed E-state index contributed by atoms with van der Waals surface area (Å²) in [5.41, 5.74) is 1.36. The van der Waals surface area contributed by atoms with Gasteiger partial charge in [0.2, 0.25) is 5.91 Å². The third-order valence-corrected chi connectivity index (χ3v) is 5.88. The molecule has 1 fully saturated rings. The molecule has 0 N–H and O–H groups in total. The van der Waals surface area contributed by atoms with Crippen LogP contribution in [0.2, 0.25) is 10.0 Å². The smallest absolute Gasteiger partial charge is 0.265 e. The van der Waals surface area contributed by atoms with Gasteiger partial charge in [-0.1, -0.05) is 29.3 Å². The molecule has 2 heterocycles. The first-order valence-corrected chi connectivity index (χ1v) is 10.3. The largest absolute Gasteiger partial charge is 0.482 e. The van der Waals surface area contributed by atoms with Crippen molar-refractivity contribution in [3.8, 4) is 5.75 Å². The van der Waals surface area contributed by atoms with Crippen LogP contribution in [0.1, 0.15) is 5.56 Å². The number of ether oxygens (including phenoxy) is 1. The number of anilines is 1. The Morgan fingerprint density at radius 2 is 1.83 bits per heavy atom. The summed E-state index contributed by atoms with van der Waals surface area (Å²) in [6, 6.07) is 9.39. The molecule has 1 saturated heterocycles. The van der Waals surface area contributed by atoms with Crippen LogP contribution < -0.4 is 9.64 Å². The number of nitrogens with zero attached hydrogens (tertiary/aromatic N) is 3. The minimum absolute atomic E-state index is 0.0562. The summed E-state index contributed by atoms with van der Waals surface area (Å²) >= 11 is 12.2. The Bertz CT molecular complexity index is 980. The Hall–Kier alpha value is -2.35. The number of carbonyl (C=O) groups is 2. The maximum absolute atomic E-state index is 13.2. The van der Waals surface area contributed by atoms with Gasteiger partial charge in [0.15, 0.2) is 6.61 Å². The van der Waals surface area contributed by atoms with Crippen LogP contribution in [0.5, 0.6) is 5.75 Å². The number of hydrogen-bond acceptors (Lipinski definition) is 4. The third-order valence-electron chi connectivity index (χ3n) is 5.29. The van der Waals surface area contributed by atoms with Crippen LogP contribution in [0.4, 0.5) is 10.1 Å². The Morgan fingerprint density at radius 1 is 1.07 bits per heavy atom. The van der Waals surface area contributed by atoms with E-state index in [-0.39, 0.29) is 30.8 Å². The van der Waals surface area contributed by atoms with Crippen LogP contribution in [0.15, 0.2) is 36.4 Å². The minimum Gasteiger partial charge on any atom is -0.482 e. The molecule has 2 amide bonds. The van der Waals surface area contributed by atoms with Crippen molar-refractivity contribution in [1.29, 1.82) is 0 Å². The van der Waals surface area contributed by atoms with Crippen LogP contribution in [0, 0.1) is 5.82 Å². The lowest BCUT2D eigenvalue weighted by molar-refractivity contribution is -0.133. The van der Waals surface area contributed by atoms with Crippen molar-refractivity contribution in [2.24, 2.45) is 0 Å². The summed E-state index contributed by atoms with van der Waals surface area (Å²) in [4.78, 5) is 30.5. The van der Waals surface area contributed by atoms with E-state index in [0.29, 0.717) is 54.2 Å². The molecule has 0 atom stereocenters. The number of rotatable bonds is 4. The van der Waals surface area contributed by atoms with Gasteiger partial charge >= 0.3 is 0 Å². The maximum atomic E-state index is 13.2. The highest BCUT2D eigenvalue weighted by atomic mass is 35.5. The molecule has 2 aliphatic heterocycles. The summed E-state index contributed by atoms with van der Waals surface area (Å²) in [5.74, 6) is -0.231. The quantitative estimate of drug-likeness (QED) is 0.715. The van der Waals surface area contributed by atoms with Gasteiger partial charge in [-0.05, 0) is 35.9 Å². The predicted molar refractivity (Wildman–Crippen MR) is 113 cm³/mol. The molecular formula is C21H20Cl2FN3O3. The first kappa shape index (κ1) is 20.9. The van der Waals surface area contributed by atoms with E-state index in [1.807, 2.05) is 0 Å². The lowest BCUT2D eigenvalue weighted by Crippen LogP contribution is -2.52. The molecule has 0 aliphatic carbocycles. The van der Waals surface area contributed by atoms with E-state index in [1.54, 1.807) is 29.2 Å². The maximum Gasteiger partial charge on any atom is 0.265 e. The van der Waals surface area contributed by atoms with Gasteiger partial charge in [-0.25, -0.2) is 4.39 Å². The molecule has 9 heteroatoms. The molecule has 0 saturated carbocycles. The van der Waals surface area contributed by atoms with Gasteiger partial charge in [0, 0.05) is 42.8 Å². The Kier molecular flexibility index (Phi) is 6.13. The highest BCUT2D eigenvalue weighted by molar-refractivity contribution is 6.31. The van der Waals surface area contributed by atoms with Gasteiger partial charge in [0.05, 0.1) is 5.69 Å². The number of amides is 2. The molecular weight excluding hydrogens is 432 g/mol. The van der Waals surface area contributed by atoms with Crippen molar-refractivity contribution in [3.63, 3.8) is 0 Å². The van der Waals surface area contributed by atoms with Crippen LogP contribution in [0.3, 0.4) is 0 Å². The average molecular weight is 452 g/mol. The molecule has 158 valence electrons. The van der Waals surface area contributed by atoms with Gasteiger partial charge < -0.3 is 9.64 Å². The van der Waals surface area contributed by atoms with E-state index in [4.69, 9.17) is 27.9 Å². The third kappa shape index (κ3) is 4.53. The van der Waals surface area contributed by atoms with Gasteiger partial charge in [0.1, 0.15) is 18.1 Å². The Balaban J connectivity index is 1.36. The highest BCUT2D eigenvalue weighted by Crippen LogP contribution is 2.34. The second-order valence-corrected chi connectivity index (χ2v) is 8.12. The van der Waals surface area contributed by atoms with Crippen molar-refractivity contribution in [2.45, 2.75) is 6.54 Å². The number of piperazine rings is 1. The normalized spacial score (nSPS) is 17.0. The van der Waals surface area contributed by atoms with Gasteiger partial charge in [-0.2, -0.15) is 0 Å². The molecule has 0 unspecified atom stereocenters. The number of halogens is 3. The van der Waals surface area contributed by atoms with Crippen LogP contribution in [-0.4, -0.2) is 60.9 Å². The van der Waals surface area contributed by atoms with Gasteiger partial charge in [-0.3, -0.25) is 19.4 Å². The minimum atomic E-state index is -0.361. The average Bonchev–Trinajstić information content (AvgIpc) is 2.73. The summed E-state index contributed by atoms with van der Waals surface area (Å²) in [7, 11) is 0. The molecule has 4 rings (SSSR count). The zero-order valence-corrected chi connectivity index (χ0v) is 17.6. The van der Waals surface area contributed by atoms with E-state index < -0.39 is 0 Å². The van der Waals surface area contributed by atoms with Crippen molar-refractivity contribution < 1.29 is 18.7 Å². The standard InChI is InChI=1S/C21H20Cl2FN3O3/c22-15-2-4-19-18(9-15)27(21(29)13-30-19)12-20(28)26-7-5-25(6-8-26)11-14-1-3-16(24)10-17(14)23/h1-4,9-10H,5-8,11-13H2. The van der Waals surface area contributed by atoms with Gasteiger partial charge in [0.25, 0.3) is 5.91 Å². The fourth-order valence-corrected chi connectivity index (χ4v) is 4.02. The van der Waals surface area contributed by atoms with E-state index >= 15 is 0 Å². The van der Waals surface area contributed by atoms with E-state index in [0.717, 1.165) is 5.56 Å². The molecule has 0 spiro atoms.